The fraction of sp³-hybridized carbons (Fsp3) is 0.208. The van der Waals surface area contributed by atoms with Crippen LogP contribution in [0.2, 0.25) is 5.02 Å². The lowest BCUT2D eigenvalue weighted by molar-refractivity contribution is -0.126. The average molecular weight is 453 g/mol. The van der Waals surface area contributed by atoms with Crippen LogP contribution in [0, 0.1) is 0 Å². The summed E-state index contributed by atoms with van der Waals surface area (Å²) in [5.41, 5.74) is 7.27. The van der Waals surface area contributed by atoms with Crippen LogP contribution >= 0.6 is 11.6 Å². The van der Waals surface area contributed by atoms with Gasteiger partial charge in [0.05, 0.1) is 11.6 Å². The molecule has 1 heterocycles. The number of rotatable bonds is 8. The maximum Gasteiger partial charge on any atom is 0.251 e. The number of hydrogen-bond acceptors (Lipinski definition) is 5. The van der Waals surface area contributed by atoms with E-state index in [1.54, 1.807) is 6.07 Å². The molecule has 0 radical (unpaired) electrons. The Morgan fingerprint density at radius 3 is 2.22 bits per heavy atom. The van der Waals surface area contributed by atoms with Gasteiger partial charge in [0, 0.05) is 23.8 Å². The van der Waals surface area contributed by atoms with Crippen LogP contribution < -0.4 is 11.1 Å². The molecular weight excluding hydrogens is 428 g/mol. The summed E-state index contributed by atoms with van der Waals surface area (Å²) in [5, 5.41) is 3.49. The van der Waals surface area contributed by atoms with Crippen molar-refractivity contribution in [3.63, 3.8) is 0 Å². The SMILES string of the molecule is CC(=O)C(Cc1ccccc1)NC(=O)CCc1cccc(Cl)c1.NC(=O)c1cncnc1. The topological polar surface area (TPSA) is 115 Å². The molecule has 0 bridgehead atoms. The van der Waals surface area contributed by atoms with Crippen LogP contribution in [0.3, 0.4) is 0 Å². The molecule has 0 aliphatic heterocycles. The van der Waals surface area contributed by atoms with Crippen LogP contribution in [0.4, 0.5) is 0 Å². The van der Waals surface area contributed by atoms with Crippen LogP contribution in [-0.2, 0) is 22.4 Å². The summed E-state index contributed by atoms with van der Waals surface area (Å²) in [5.74, 6) is -0.665. The zero-order valence-electron chi connectivity index (χ0n) is 17.7. The Kier molecular flexibility index (Phi) is 10.0. The second-order valence-corrected chi connectivity index (χ2v) is 7.48. The number of nitrogens with zero attached hydrogens (tertiary/aromatic N) is 2. The number of benzene rings is 2. The summed E-state index contributed by atoms with van der Waals surface area (Å²) >= 11 is 5.93. The van der Waals surface area contributed by atoms with Gasteiger partial charge in [-0.05, 0) is 43.0 Å². The van der Waals surface area contributed by atoms with E-state index in [0.29, 0.717) is 29.8 Å². The second kappa shape index (κ2) is 13.0. The number of carbonyl (C=O) groups is 3. The Hall–Kier alpha value is -3.58. The van der Waals surface area contributed by atoms with Crippen molar-refractivity contribution in [2.24, 2.45) is 5.73 Å². The number of aromatic nitrogens is 2. The largest absolute Gasteiger partial charge is 0.366 e. The highest BCUT2D eigenvalue weighted by atomic mass is 35.5. The van der Waals surface area contributed by atoms with Crippen molar-refractivity contribution in [3.8, 4) is 0 Å². The van der Waals surface area contributed by atoms with Crippen LogP contribution in [0.15, 0.2) is 73.3 Å². The summed E-state index contributed by atoms with van der Waals surface area (Å²) < 4.78 is 0. The molecule has 0 saturated carbocycles. The van der Waals surface area contributed by atoms with E-state index in [4.69, 9.17) is 17.3 Å². The molecule has 8 heteroatoms. The minimum Gasteiger partial charge on any atom is -0.366 e. The number of amides is 2. The van der Waals surface area contributed by atoms with Gasteiger partial charge in [-0.3, -0.25) is 14.4 Å². The van der Waals surface area contributed by atoms with Gasteiger partial charge in [-0.1, -0.05) is 54.1 Å². The number of Topliss-reactive ketones (excluding diaryl/α,β-unsaturated/α-hetero) is 1. The van der Waals surface area contributed by atoms with Gasteiger partial charge in [0.1, 0.15) is 6.33 Å². The predicted molar refractivity (Wildman–Crippen MR) is 123 cm³/mol. The van der Waals surface area contributed by atoms with Crippen LogP contribution in [0.5, 0.6) is 0 Å². The van der Waals surface area contributed by atoms with E-state index < -0.39 is 11.9 Å². The van der Waals surface area contributed by atoms with Gasteiger partial charge in [0.25, 0.3) is 5.91 Å². The summed E-state index contributed by atoms with van der Waals surface area (Å²) in [6, 6.07) is 16.6. The molecule has 0 saturated heterocycles. The fourth-order valence-electron chi connectivity index (χ4n) is 2.79. The number of nitrogens with two attached hydrogens (primary N) is 1. The fourth-order valence-corrected chi connectivity index (χ4v) is 3.00. The first kappa shape index (κ1) is 24.7. The van der Waals surface area contributed by atoms with Gasteiger partial charge in [-0.15, -0.1) is 0 Å². The molecule has 1 unspecified atom stereocenters. The molecule has 0 fully saturated rings. The number of primary amides is 1. The van der Waals surface area contributed by atoms with Gasteiger partial charge < -0.3 is 11.1 Å². The monoisotopic (exact) mass is 452 g/mol. The summed E-state index contributed by atoms with van der Waals surface area (Å²) in [6.45, 7) is 1.50. The lowest BCUT2D eigenvalue weighted by Gasteiger charge is -2.16. The van der Waals surface area contributed by atoms with Gasteiger partial charge in [-0.25, -0.2) is 9.97 Å². The number of ketones is 1. The van der Waals surface area contributed by atoms with Crippen LogP contribution in [-0.4, -0.2) is 33.6 Å². The first-order valence-corrected chi connectivity index (χ1v) is 10.4. The molecule has 0 spiro atoms. The number of halogens is 1. The number of carbonyl (C=O) groups excluding carboxylic acids is 3. The first-order valence-electron chi connectivity index (χ1n) is 9.98. The Bertz CT molecular complexity index is 1030. The molecule has 2 amide bonds. The van der Waals surface area contributed by atoms with E-state index in [0.717, 1.165) is 11.1 Å². The molecular formula is C24H25ClN4O3. The number of hydrogen-bond donors (Lipinski definition) is 2. The third-order valence-corrected chi connectivity index (χ3v) is 4.72. The molecule has 3 N–H and O–H groups in total. The lowest BCUT2D eigenvalue weighted by atomic mass is 10.0. The zero-order chi connectivity index (χ0) is 23.3. The zero-order valence-corrected chi connectivity index (χ0v) is 18.5. The normalized spacial score (nSPS) is 10.9. The Labute approximate surface area is 192 Å². The Morgan fingerprint density at radius 1 is 1.00 bits per heavy atom. The van der Waals surface area contributed by atoms with E-state index in [2.05, 4.69) is 15.3 Å². The molecule has 3 aromatic rings. The maximum atomic E-state index is 12.1. The van der Waals surface area contributed by atoms with Gasteiger partial charge in [0.2, 0.25) is 5.91 Å². The third-order valence-electron chi connectivity index (χ3n) is 4.48. The molecule has 7 nitrogen and oxygen atoms in total. The number of nitrogens with one attached hydrogen (secondary N) is 1. The van der Waals surface area contributed by atoms with E-state index in [9.17, 15) is 14.4 Å². The van der Waals surface area contributed by atoms with E-state index in [1.165, 1.54) is 25.6 Å². The molecule has 32 heavy (non-hydrogen) atoms. The predicted octanol–water partition coefficient (Wildman–Crippen LogP) is 3.16. The van der Waals surface area contributed by atoms with E-state index >= 15 is 0 Å². The third kappa shape index (κ3) is 9.06. The van der Waals surface area contributed by atoms with Crippen molar-refractivity contribution in [2.75, 3.05) is 0 Å². The molecule has 1 atom stereocenters. The standard InChI is InChI=1S/C19H20ClNO2.C5H5N3O/c1-14(22)18(13-15-6-3-2-4-7-15)21-19(23)11-10-16-8-5-9-17(20)12-16;6-5(9)4-1-7-3-8-2-4/h2-9,12,18H,10-11,13H2,1H3,(H,21,23);1-3H,(H2,6,9). The second-order valence-electron chi connectivity index (χ2n) is 7.04. The lowest BCUT2D eigenvalue weighted by Crippen LogP contribution is -2.41. The highest BCUT2D eigenvalue weighted by Gasteiger charge is 2.17. The van der Waals surface area contributed by atoms with Crippen molar-refractivity contribution in [3.05, 3.63) is 95.0 Å². The molecule has 3 rings (SSSR count). The van der Waals surface area contributed by atoms with Crippen molar-refractivity contribution in [2.45, 2.75) is 32.2 Å². The van der Waals surface area contributed by atoms with Crippen molar-refractivity contribution >= 4 is 29.2 Å². The Balaban J connectivity index is 0.000000336. The van der Waals surface area contributed by atoms with Gasteiger partial charge in [0.15, 0.2) is 5.78 Å². The quantitative estimate of drug-likeness (QED) is 0.544. The van der Waals surface area contributed by atoms with Crippen molar-refractivity contribution < 1.29 is 14.4 Å². The van der Waals surface area contributed by atoms with Gasteiger partial charge in [-0.2, -0.15) is 0 Å². The minimum atomic E-state index is -0.504. The van der Waals surface area contributed by atoms with Crippen LogP contribution in [0.1, 0.15) is 34.8 Å². The first-order chi connectivity index (χ1) is 15.3. The van der Waals surface area contributed by atoms with Gasteiger partial charge >= 0.3 is 0 Å². The van der Waals surface area contributed by atoms with Crippen molar-refractivity contribution in [1.82, 2.24) is 15.3 Å². The van der Waals surface area contributed by atoms with Crippen LogP contribution in [0.25, 0.3) is 0 Å². The van der Waals surface area contributed by atoms with Crippen molar-refractivity contribution in [1.29, 1.82) is 0 Å². The highest BCUT2D eigenvalue weighted by Crippen LogP contribution is 2.12. The van der Waals surface area contributed by atoms with E-state index in [-0.39, 0.29) is 11.7 Å². The Morgan fingerprint density at radius 2 is 1.66 bits per heavy atom. The maximum absolute atomic E-state index is 12.1. The summed E-state index contributed by atoms with van der Waals surface area (Å²) in [6.07, 6.45) is 5.53. The number of aryl methyl sites for hydroxylation is 1. The molecule has 1 aromatic heterocycles. The molecule has 166 valence electrons. The summed E-state index contributed by atoms with van der Waals surface area (Å²) in [7, 11) is 0. The average Bonchev–Trinajstić information content (AvgIpc) is 2.79. The molecule has 0 aliphatic rings. The summed E-state index contributed by atoms with van der Waals surface area (Å²) in [4.78, 5) is 41.4. The van der Waals surface area contributed by atoms with E-state index in [1.807, 2.05) is 48.5 Å². The molecule has 0 aliphatic carbocycles. The smallest absolute Gasteiger partial charge is 0.251 e. The molecule has 2 aromatic carbocycles. The highest BCUT2D eigenvalue weighted by molar-refractivity contribution is 6.30. The minimum absolute atomic E-state index is 0.0371.